The highest BCUT2D eigenvalue weighted by Gasteiger charge is 2.45. The second-order valence-corrected chi connectivity index (χ2v) is 19.3. The Bertz CT molecular complexity index is 2060. The maximum Gasteiger partial charge on any atom is 0.249 e. The first-order valence-electron chi connectivity index (χ1n) is 20.8. The number of carbonyl (C=O) groups is 4. The lowest BCUT2D eigenvalue weighted by Crippen LogP contribution is -2.64. The van der Waals surface area contributed by atoms with E-state index >= 15 is 0 Å². The third-order valence-electron chi connectivity index (χ3n) is 10.7. The summed E-state index contributed by atoms with van der Waals surface area (Å²) in [7, 11) is 0. The van der Waals surface area contributed by atoms with Crippen LogP contribution in [0.2, 0.25) is 0 Å². The molecule has 4 amide bonds. The number of hydrogen-bond donors (Lipinski definition) is 5. The van der Waals surface area contributed by atoms with Gasteiger partial charge in [0, 0.05) is 32.2 Å². The van der Waals surface area contributed by atoms with Crippen LogP contribution in [0.15, 0.2) is 65.9 Å². The monoisotopic (exact) mass is 830 g/mol. The van der Waals surface area contributed by atoms with Gasteiger partial charge >= 0.3 is 0 Å². The van der Waals surface area contributed by atoms with E-state index in [2.05, 4.69) is 31.2 Å². The molecule has 4 rings (SSSR count). The zero-order valence-electron chi connectivity index (χ0n) is 37.4. The fourth-order valence-electron chi connectivity index (χ4n) is 7.95. The standard InChI is InChI=1S/C47H65F2N7O4/c1-28(2)22-46(26-48,55-30(5)57)42(59)53-39(44(7,8)9)37-21-36(24-50-37)34-15-13-32(14-16-34)33-17-19-35(20-18-33)38-25-51-41(52-38)40(45(10,11)12)54-43(60)47(27-49,23-29(3)4)56-31(6)58/h13-20,24-25,28-29,39-40H,21-23,26-27H2,1-12H3,(H,51,52)(H,53,59)(H,54,60)(H,55,57)(H,56,58)/t39-,40-,46?,47?/m1/s1. The van der Waals surface area contributed by atoms with Crippen LogP contribution >= 0.6 is 0 Å². The molecule has 2 unspecified atom stereocenters. The number of alkyl halides is 2. The molecule has 5 N–H and O–H groups in total. The molecule has 0 saturated carbocycles. The van der Waals surface area contributed by atoms with Crippen molar-refractivity contribution in [1.82, 2.24) is 31.2 Å². The lowest BCUT2D eigenvalue weighted by Gasteiger charge is -2.37. The number of halogens is 2. The minimum atomic E-state index is -1.69. The van der Waals surface area contributed by atoms with Gasteiger partial charge in [-0.2, -0.15) is 0 Å². The third-order valence-corrected chi connectivity index (χ3v) is 10.7. The van der Waals surface area contributed by atoms with Gasteiger partial charge in [0.2, 0.25) is 23.6 Å². The number of allylic oxidation sites excluding steroid dienone is 1. The SMILES string of the molecule is CC(=O)NC(CF)(CC(C)C)C(=O)N[C@H](C1=NC=C(c2ccc(-c3ccc(-c4cnc([C@@H](NC(=O)C(CF)(CC(C)C)NC(C)=O)C(C)(C)C)[nH]4)cc3)cc2)C1)C(C)(C)C. The van der Waals surface area contributed by atoms with E-state index in [0.717, 1.165) is 39.2 Å². The molecule has 1 aromatic heterocycles. The highest BCUT2D eigenvalue weighted by molar-refractivity contribution is 6.04. The normalized spacial score (nSPS) is 16.3. The van der Waals surface area contributed by atoms with Crippen molar-refractivity contribution >= 4 is 34.9 Å². The number of aromatic nitrogens is 2. The number of aliphatic imine (C=N–C) groups is 1. The van der Waals surface area contributed by atoms with Crippen LogP contribution in [0.4, 0.5) is 8.78 Å². The van der Waals surface area contributed by atoms with Crippen molar-refractivity contribution in [2.75, 3.05) is 13.3 Å². The van der Waals surface area contributed by atoms with Crippen molar-refractivity contribution in [2.45, 2.75) is 126 Å². The second kappa shape index (κ2) is 19.0. The van der Waals surface area contributed by atoms with Crippen LogP contribution in [0.5, 0.6) is 0 Å². The lowest BCUT2D eigenvalue weighted by atomic mass is 9.80. The summed E-state index contributed by atoms with van der Waals surface area (Å²) in [4.78, 5) is 64.3. The first-order chi connectivity index (χ1) is 27.9. The van der Waals surface area contributed by atoms with E-state index in [0.29, 0.717) is 12.2 Å². The molecule has 0 spiro atoms. The Balaban J connectivity index is 1.48. The Hall–Kier alpha value is -5.20. The number of imidazole rings is 1. The Morgan fingerprint density at radius 3 is 1.48 bits per heavy atom. The summed E-state index contributed by atoms with van der Waals surface area (Å²) in [6, 6.07) is 15.1. The number of carbonyl (C=O) groups excluding carboxylic acids is 4. The molecular weight excluding hydrogens is 765 g/mol. The van der Waals surface area contributed by atoms with Crippen molar-refractivity contribution in [3.63, 3.8) is 0 Å². The topological polar surface area (TPSA) is 157 Å². The van der Waals surface area contributed by atoms with Crippen LogP contribution in [0.25, 0.3) is 28.0 Å². The number of benzene rings is 2. The van der Waals surface area contributed by atoms with Crippen LogP contribution in [0, 0.1) is 22.7 Å². The van der Waals surface area contributed by atoms with E-state index in [1.54, 1.807) is 6.20 Å². The summed E-state index contributed by atoms with van der Waals surface area (Å²) in [6.07, 6.45) is 4.32. The van der Waals surface area contributed by atoms with Crippen LogP contribution < -0.4 is 21.3 Å². The van der Waals surface area contributed by atoms with Gasteiger partial charge in [-0.05, 0) is 63.3 Å². The summed E-state index contributed by atoms with van der Waals surface area (Å²) in [6.45, 7) is 19.9. The van der Waals surface area contributed by atoms with Crippen molar-refractivity contribution in [3.8, 4) is 22.4 Å². The maximum atomic E-state index is 14.6. The average Bonchev–Trinajstić information content (AvgIpc) is 3.84. The number of nitrogens with zero attached hydrogens (tertiary/aromatic N) is 2. The molecule has 326 valence electrons. The van der Waals surface area contributed by atoms with Gasteiger partial charge in [-0.25, -0.2) is 13.8 Å². The van der Waals surface area contributed by atoms with Gasteiger partial charge in [-0.1, -0.05) is 118 Å². The zero-order valence-corrected chi connectivity index (χ0v) is 37.4. The number of hydrogen-bond acceptors (Lipinski definition) is 6. The molecule has 3 aromatic rings. The van der Waals surface area contributed by atoms with Crippen molar-refractivity contribution < 1.29 is 28.0 Å². The molecule has 0 aliphatic carbocycles. The molecule has 4 atom stereocenters. The quantitative estimate of drug-likeness (QED) is 0.0923. The lowest BCUT2D eigenvalue weighted by molar-refractivity contribution is -0.135. The molecule has 0 bridgehead atoms. The predicted molar refractivity (Wildman–Crippen MR) is 235 cm³/mol. The van der Waals surface area contributed by atoms with Crippen molar-refractivity contribution in [2.24, 2.45) is 27.7 Å². The number of H-pyrrole nitrogens is 1. The molecule has 1 aliphatic heterocycles. The molecule has 60 heavy (non-hydrogen) atoms. The Labute approximate surface area is 354 Å². The smallest absolute Gasteiger partial charge is 0.249 e. The molecule has 13 heteroatoms. The number of nitrogens with one attached hydrogen (secondary N) is 5. The summed E-state index contributed by atoms with van der Waals surface area (Å²) >= 11 is 0. The highest BCUT2D eigenvalue weighted by atomic mass is 19.1. The van der Waals surface area contributed by atoms with Gasteiger partial charge < -0.3 is 26.3 Å². The Morgan fingerprint density at radius 1 is 0.667 bits per heavy atom. The molecule has 0 saturated heterocycles. The van der Waals surface area contributed by atoms with Crippen molar-refractivity contribution in [1.29, 1.82) is 0 Å². The van der Waals surface area contributed by atoms with Crippen LogP contribution in [-0.2, 0) is 19.2 Å². The zero-order chi connectivity index (χ0) is 44.8. The molecule has 2 aromatic carbocycles. The predicted octanol–water partition coefficient (Wildman–Crippen LogP) is 8.44. The molecular formula is C47H65F2N7O4. The first-order valence-corrected chi connectivity index (χ1v) is 20.8. The minimum Gasteiger partial charge on any atom is -0.345 e. The van der Waals surface area contributed by atoms with Gasteiger partial charge in [0.15, 0.2) is 0 Å². The maximum absolute atomic E-state index is 14.6. The second-order valence-electron chi connectivity index (χ2n) is 19.3. The largest absolute Gasteiger partial charge is 0.345 e. The summed E-state index contributed by atoms with van der Waals surface area (Å²) in [5.41, 5.74) is 2.05. The Morgan fingerprint density at radius 2 is 1.08 bits per heavy atom. The van der Waals surface area contributed by atoms with Gasteiger partial charge in [0.1, 0.15) is 30.3 Å². The van der Waals surface area contributed by atoms with E-state index < -0.39 is 71.0 Å². The van der Waals surface area contributed by atoms with Crippen molar-refractivity contribution in [3.05, 3.63) is 72.3 Å². The molecule has 11 nitrogen and oxygen atoms in total. The van der Waals surface area contributed by atoms with Crippen LogP contribution in [0.1, 0.15) is 120 Å². The van der Waals surface area contributed by atoms with Gasteiger partial charge in [-0.3, -0.25) is 24.2 Å². The summed E-state index contributed by atoms with van der Waals surface area (Å²) in [5.74, 6) is -1.67. The summed E-state index contributed by atoms with van der Waals surface area (Å²) in [5, 5.41) is 11.2. The highest BCUT2D eigenvalue weighted by Crippen LogP contribution is 2.35. The van der Waals surface area contributed by atoms with Crippen LogP contribution in [0.3, 0.4) is 0 Å². The third kappa shape index (κ3) is 11.5. The van der Waals surface area contributed by atoms with E-state index in [9.17, 15) is 28.0 Å². The fraction of sp³-hybridized carbons (Fsp3) is 0.532. The molecule has 1 aliphatic rings. The van der Waals surface area contributed by atoms with E-state index in [-0.39, 0.29) is 24.7 Å². The van der Waals surface area contributed by atoms with Gasteiger partial charge in [0.05, 0.1) is 24.0 Å². The average molecular weight is 830 g/mol. The first kappa shape index (κ1) is 47.5. The van der Waals surface area contributed by atoms with E-state index in [1.807, 2.05) is 124 Å². The van der Waals surface area contributed by atoms with E-state index in [1.165, 1.54) is 13.8 Å². The molecule has 2 heterocycles. The number of amides is 4. The molecule has 0 fully saturated rings. The Kier molecular flexibility index (Phi) is 15.1. The molecule has 0 radical (unpaired) electrons. The number of rotatable bonds is 17. The fourth-order valence-corrected chi connectivity index (χ4v) is 7.95. The van der Waals surface area contributed by atoms with Gasteiger partial charge in [-0.15, -0.1) is 0 Å². The summed E-state index contributed by atoms with van der Waals surface area (Å²) < 4.78 is 29.2. The minimum absolute atomic E-state index is 0.0335. The number of aromatic amines is 1. The van der Waals surface area contributed by atoms with E-state index in [4.69, 9.17) is 4.99 Å². The van der Waals surface area contributed by atoms with Gasteiger partial charge in [0.25, 0.3) is 0 Å². The van der Waals surface area contributed by atoms with Crippen LogP contribution in [-0.4, -0.2) is 69.8 Å².